The Morgan fingerprint density at radius 3 is 0.695 bits per heavy atom. The molecule has 7 aromatic rings. The average Bonchev–Trinajstić information content (AvgIpc) is 3.28. The molecule has 7 rings (SSSR count). The number of nitriles is 1. The maximum atomic E-state index is 8.63. The highest BCUT2D eigenvalue weighted by Gasteiger charge is 1.99. The van der Waals surface area contributed by atoms with Crippen molar-refractivity contribution in [2.24, 2.45) is 16.5 Å². The monoisotopic (exact) mass is 786 g/mol. The highest BCUT2D eigenvalue weighted by molar-refractivity contribution is 5.76. The second-order valence-corrected chi connectivity index (χ2v) is 12.8. The third kappa shape index (κ3) is 21.0. The van der Waals surface area contributed by atoms with E-state index in [0.717, 1.165) is 25.7 Å². The lowest BCUT2D eigenvalue weighted by Crippen LogP contribution is -2.21. The number of phenolic OH excluding ortho intramolecular Hbond substituents is 3. The third-order valence-electron chi connectivity index (χ3n) is 8.56. The topological polar surface area (TPSA) is 149 Å². The summed E-state index contributed by atoms with van der Waals surface area (Å²) < 4.78 is 0. The van der Waals surface area contributed by atoms with Gasteiger partial charge in [-0.15, -0.1) is 4.99 Å². The molecule has 0 aliphatic carbocycles. The molecule has 7 aromatic carbocycles. The van der Waals surface area contributed by atoms with Crippen LogP contribution in [0, 0.1) is 11.5 Å². The second kappa shape index (κ2) is 29.0. The van der Waals surface area contributed by atoms with Gasteiger partial charge in [-0.25, -0.2) is 0 Å². The van der Waals surface area contributed by atoms with E-state index in [2.05, 4.69) is 130 Å². The Balaban J connectivity index is 0.000000258. The predicted octanol–water partition coefficient (Wildman–Crippen LogP) is 11.9. The van der Waals surface area contributed by atoms with Gasteiger partial charge in [0.25, 0.3) is 0 Å². The number of hydrogen-bond donors (Lipinski definition) is 5. The van der Waals surface area contributed by atoms with Crippen LogP contribution in [-0.2, 0) is 25.7 Å². The van der Waals surface area contributed by atoms with Gasteiger partial charge in [0.2, 0.25) is 12.2 Å². The van der Waals surface area contributed by atoms with Crippen molar-refractivity contribution in [2.75, 3.05) is 0 Å². The van der Waals surface area contributed by atoms with E-state index in [1.165, 1.54) is 50.7 Å². The second-order valence-electron chi connectivity index (χ2n) is 12.8. The molecule has 7 heteroatoms. The molecule has 304 valence electrons. The van der Waals surface area contributed by atoms with E-state index in [0.29, 0.717) is 17.2 Å². The van der Waals surface area contributed by atoms with Crippen molar-refractivity contribution < 1.29 is 15.3 Å². The van der Waals surface area contributed by atoms with Gasteiger partial charge in [0.15, 0.2) is 0 Å². The molecule has 0 saturated carbocycles. The molecule has 0 aliphatic heterocycles. The largest absolute Gasteiger partial charge is 0.508 e. The van der Waals surface area contributed by atoms with Crippen LogP contribution in [0.3, 0.4) is 0 Å². The number of para-hydroxylation sites is 3. The molecular formula is C52H58N4O3. The maximum Gasteiger partial charge on any atom is 0.209 e. The molecule has 7 N–H and O–H groups in total. The number of nitrogens with zero attached hydrogens (tertiary/aromatic N) is 2. The third-order valence-corrected chi connectivity index (χ3v) is 8.56. The smallest absolute Gasteiger partial charge is 0.209 e. The molecule has 0 amide bonds. The summed E-state index contributed by atoms with van der Waals surface area (Å²) in [4.78, 5) is 2.90. The van der Waals surface area contributed by atoms with E-state index in [-0.39, 0.29) is 5.96 Å². The van der Waals surface area contributed by atoms with Crippen LogP contribution < -0.4 is 11.5 Å². The first-order chi connectivity index (χ1) is 28.6. The van der Waals surface area contributed by atoms with Crippen molar-refractivity contribution in [3.63, 3.8) is 0 Å². The Kier molecular flexibility index (Phi) is 23.5. The number of aromatic hydroxyl groups is 3. The lowest BCUT2D eigenvalue weighted by Gasteiger charge is -2.04. The number of rotatable bonds is 6. The van der Waals surface area contributed by atoms with Crippen molar-refractivity contribution in [2.45, 2.75) is 53.4 Å². The zero-order valence-corrected chi connectivity index (χ0v) is 34.6. The summed E-state index contributed by atoms with van der Waals surface area (Å²) in [6, 6.07) is 61.5. The number of nitrogens with two attached hydrogens (primary N) is 2. The average molecular weight is 787 g/mol. The standard InChI is InChI=1S/2C16H18.3C6H6O.C2H4N4/c2*1-3-13-5-9-15(10-6-13)16-11-7-14(4-2)8-12-16;3*7-6-4-2-1-3-5-6;3-1-6-2(4)5/h2*5-12H,3-4H2,1-2H3;3*1-5,7H;(H4,4,5,6). The van der Waals surface area contributed by atoms with Crippen LogP contribution in [0.4, 0.5) is 0 Å². The van der Waals surface area contributed by atoms with Crippen molar-refractivity contribution in [1.29, 1.82) is 5.26 Å². The van der Waals surface area contributed by atoms with Gasteiger partial charge >= 0.3 is 0 Å². The normalized spacial score (nSPS) is 9.27. The highest BCUT2D eigenvalue weighted by atomic mass is 16.3. The summed E-state index contributed by atoms with van der Waals surface area (Å²) in [6.07, 6.45) is 5.83. The van der Waals surface area contributed by atoms with Crippen molar-refractivity contribution in [3.05, 3.63) is 210 Å². The lowest BCUT2D eigenvalue weighted by molar-refractivity contribution is 0.475. The molecular weight excluding hydrogens is 729 g/mol. The van der Waals surface area contributed by atoms with E-state index >= 15 is 0 Å². The van der Waals surface area contributed by atoms with Gasteiger partial charge in [-0.05, 0) is 107 Å². The first kappa shape index (κ1) is 47.9. The van der Waals surface area contributed by atoms with E-state index < -0.39 is 0 Å². The van der Waals surface area contributed by atoms with Crippen molar-refractivity contribution >= 4 is 5.96 Å². The van der Waals surface area contributed by atoms with Crippen LogP contribution in [0.5, 0.6) is 17.2 Å². The molecule has 0 radical (unpaired) electrons. The van der Waals surface area contributed by atoms with E-state index in [9.17, 15) is 0 Å². The molecule has 0 saturated heterocycles. The molecule has 0 atom stereocenters. The number of aliphatic imine (C=N–C) groups is 1. The van der Waals surface area contributed by atoms with Gasteiger partial charge < -0.3 is 26.8 Å². The Labute approximate surface area is 351 Å². The zero-order valence-electron chi connectivity index (χ0n) is 34.6. The zero-order chi connectivity index (χ0) is 43.1. The van der Waals surface area contributed by atoms with Crippen LogP contribution in [0.15, 0.2) is 193 Å². The number of phenols is 3. The molecule has 0 spiro atoms. The van der Waals surface area contributed by atoms with Gasteiger partial charge in [-0.3, -0.25) is 0 Å². The fraction of sp³-hybridized carbons (Fsp3) is 0.154. The minimum atomic E-state index is -0.197. The van der Waals surface area contributed by atoms with Crippen LogP contribution >= 0.6 is 0 Å². The summed E-state index contributed by atoms with van der Waals surface area (Å²) in [5, 5.41) is 33.5. The molecule has 7 nitrogen and oxygen atoms in total. The minimum absolute atomic E-state index is 0.197. The summed E-state index contributed by atoms with van der Waals surface area (Å²) in [6.45, 7) is 8.74. The highest BCUT2D eigenvalue weighted by Crippen LogP contribution is 2.22. The van der Waals surface area contributed by atoms with Gasteiger partial charge in [0.05, 0.1) is 0 Å². The Bertz CT molecular complexity index is 1890. The molecule has 0 heterocycles. The number of aryl methyl sites for hydroxylation is 4. The van der Waals surface area contributed by atoms with Crippen LogP contribution in [-0.4, -0.2) is 21.3 Å². The summed E-state index contributed by atoms with van der Waals surface area (Å²) in [5.74, 6) is 0.769. The van der Waals surface area contributed by atoms with Crippen LogP contribution in [0.1, 0.15) is 49.9 Å². The molecule has 0 fully saturated rings. The van der Waals surface area contributed by atoms with Crippen molar-refractivity contribution in [1.82, 2.24) is 0 Å². The van der Waals surface area contributed by atoms with Gasteiger partial charge in [0.1, 0.15) is 17.2 Å². The van der Waals surface area contributed by atoms with E-state index in [1.807, 2.05) is 18.2 Å². The Morgan fingerprint density at radius 2 is 0.593 bits per heavy atom. The van der Waals surface area contributed by atoms with Crippen LogP contribution in [0.2, 0.25) is 0 Å². The van der Waals surface area contributed by atoms with Gasteiger partial charge in [0, 0.05) is 0 Å². The number of hydrogen-bond acceptors (Lipinski definition) is 5. The Morgan fingerprint density at radius 1 is 0.390 bits per heavy atom. The van der Waals surface area contributed by atoms with E-state index in [4.69, 9.17) is 32.0 Å². The van der Waals surface area contributed by atoms with Crippen LogP contribution in [0.25, 0.3) is 22.3 Å². The number of benzene rings is 7. The molecule has 0 unspecified atom stereocenters. The first-order valence-electron chi connectivity index (χ1n) is 19.7. The molecule has 0 bridgehead atoms. The van der Waals surface area contributed by atoms with Crippen molar-refractivity contribution in [3.8, 4) is 45.7 Å². The predicted molar refractivity (Wildman–Crippen MR) is 247 cm³/mol. The fourth-order valence-electron chi connectivity index (χ4n) is 5.07. The number of guanidine groups is 1. The maximum absolute atomic E-state index is 8.63. The molecule has 0 aliphatic rings. The quantitative estimate of drug-likeness (QED) is 0.0643. The summed E-state index contributed by atoms with van der Waals surface area (Å²) in [7, 11) is 0. The Hall–Kier alpha value is -7.30. The van der Waals surface area contributed by atoms with E-state index in [1.54, 1.807) is 72.8 Å². The fourth-order valence-corrected chi connectivity index (χ4v) is 5.07. The summed E-state index contributed by atoms with van der Waals surface area (Å²) >= 11 is 0. The minimum Gasteiger partial charge on any atom is -0.508 e. The first-order valence-corrected chi connectivity index (χ1v) is 19.7. The lowest BCUT2D eigenvalue weighted by atomic mass is 10.0. The van der Waals surface area contributed by atoms with Gasteiger partial charge in [-0.1, -0.05) is 179 Å². The molecule has 59 heavy (non-hydrogen) atoms. The SMILES string of the molecule is CCc1ccc(-c2ccc(CC)cc2)cc1.CCc1ccc(-c2ccc(CC)cc2)cc1.N#CN=C(N)N.Oc1ccccc1.Oc1ccccc1.Oc1ccccc1. The molecule has 0 aromatic heterocycles. The summed E-state index contributed by atoms with van der Waals surface area (Å²) in [5.41, 5.74) is 20.2. The van der Waals surface area contributed by atoms with Gasteiger partial charge in [-0.2, -0.15) is 5.26 Å².